The fourth-order valence-electron chi connectivity index (χ4n) is 2.39. The fraction of sp³-hybridized carbons (Fsp3) is 0.636. The molecule has 0 saturated carbocycles. The van der Waals surface area contributed by atoms with Crippen molar-refractivity contribution in [2.24, 2.45) is 0 Å². The van der Waals surface area contributed by atoms with Crippen molar-refractivity contribution in [3.05, 3.63) is 46.3 Å². The van der Waals surface area contributed by atoms with E-state index in [0.717, 1.165) is 31.6 Å². The molecule has 0 aliphatic carbocycles. The summed E-state index contributed by atoms with van der Waals surface area (Å²) in [6.45, 7) is 15.9. The van der Waals surface area contributed by atoms with Crippen LogP contribution in [0.25, 0.3) is 0 Å². The molecule has 0 heterocycles. The van der Waals surface area contributed by atoms with Gasteiger partial charge in [-0.15, -0.1) is 0 Å². The van der Waals surface area contributed by atoms with Gasteiger partial charge in [-0.2, -0.15) is 0 Å². The average Bonchev–Trinajstić information content (AvgIpc) is 2.46. The first-order valence-electron chi connectivity index (χ1n) is 9.10. The third-order valence-corrected chi connectivity index (χ3v) is 4.10. The van der Waals surface area contributed by atoms with Crippen molar-refractivity contribution in [2.45, 2.75) is 87.0 Å². The van der Waals surface area contributed by atoms with Crippen molar-refractivity contribution in [2.75, 3.05) is 6.61 Å². The van der Waals surface area contributed by atoms with Gasteiger partial charge in [0.05, 0.1) is 12.4 Å². The van der Waals surface area contributed by atoms with Crippen LogP contribution in [0.1, 0.15) is 87.0 Å². The lowest BCUT2D eigenvalue weighted by molar-refractivity contribution is 0.226. The molecule has 1 nitrogen and oxygen atoms in total. The zero-order valence-corrected chi connectivity index (χ0v) is 16.6. The Morgan fingerprint density at radius 3 is 1.65 bits per heavy atom. The standard InChI is InChI=1S/C22H38O/c1-8-23-22(7)21(6)17-11-16-20(5)15-10-14-19(4)13-9-12-18(2)3/h12,14,16H,8-11,13,15,17H2,1-7H3/b19-14+,20-16+,22-21-. The maximum atomic E-state index is 5.55. The lowest BCUT2D eigenvalue weighted by Crippen LogP contribution is -1.91. The van der Waals surface area contributed by atoms with Gasteiger partial charge in [0, 0.05) is 0 Å². The van der Waals surface area contributed by atoms with E-state index in [1.54, 1.807) is 0 Å². The number of ether oxygens (including phenoxy) is 1. The third kappa shape index (κ3) is 12.9. The first kappa shape index (κ1) is 21.8. The van der Waals surface area contributed by atoms with Crippen molar-refractivity contribution < 1.29 is 4.74 Å². The molecule has 0 radical (unpaired) electrons. The second-order valence-corrected chi connectivity index (χ2v) is 6.77. The van der Waals surface area contributed by atoms with E-state index < -0.39 is 0 Å². The molecule has 1 heteroatoms. The molecule has 0 aromatic carbocycles. The van der Waals surface area contributed by atoms with Crippen LogP contribution >= 0.6 is 0 Å². The van der Waals surface area contributed by atoms with Crippen LogP contribution in [0.4, 0.5) is 0 Å². The molecule has 132 valence electrons. The SMILES string of the molecule is CCO/C(C)=C(/C)CC/C=C(\C)CC/C=C(\C)CCC=C(C)C. The summed E-state index contributed by atoms with van der Waals surface area (Å²) < 4.78 is 5.55. The summed E-state index contributed by atoms with van der Waals surface area (Å²) in [5.74, 6) is 1.09. The summed E-state index contributed by atoms with van der Waals surface area (Å²) in [5.41, 5.74) is 5.80. The normalized spacial score (nSPS) is 13.7. The first-order chi connectivity index (χ1) is 10.9. The van der Waals surface area contributed by atoms with Gasteiger partial charge in [0.1, 0.15) is 0 Å². The quantitative estimate of drug-likeness (QED) is 0.283. The van der Waals surface area contributed by atoms with Crippen molar-refractivity contribution in [3.63, 3.8) is 0 Å². The van der Waals surface area contributed by atoms with Gasteiger partial charge in [0.15, 0.2) is 0 Å². The Hall–Kier alpha value is -1.24. The van der Waals surface area contributed by atoms with Crippen LogP contribution in [0.3, 0.4) is 0 Å². The Kier molecular flexibility index (Phi) is 12.5. The molecular formula is C22H38O. The van der Waals surface area contributed by atoms with E-state index in [2.05, 4.69) is 59.8 Å². The van der Waals surface area contributed by atoms with E-state index in [4.69, 9.17) is 4.74 Å². The summed E-state index contributed by atoms with van der Waals surface area (Å²) >= 11 is 0. The summed E-state index contributed by atoms with van der Waals surface area (Å²) in [4.78, 5) is 0. The number of rotatable bonds is 11. The molecular weight excluding hydrogens is 280 g/mol. The van der Waals surface area contributed by atoms with Gasteiger partial charge in [-0.05, 0) is 92.6 Å². The third-order valence-electron chi connectivity index (χ3n) is 4.10. The average molecular weight is 319 g/mol. The molecule has 23 heavy (non-hydrogen) atoms. The Bertz CT molecular complexity index is 443. The van der Waals surface area contributed by atoms with Gasteiger partial charge >= 0.3 is 0 Å². The van der Waals surface area contributed by atoms with Gasteiger partial charge in [0.25, 0.3) is 0 Å². The smallest absolute Gasteiger partial charge is 0.0917 e. The van der Waals surface area contributed by atoms with Crippen LogP contribution < -0.4 is 0 Å². The first-order valence-corrected chi connectivity index (χ1v) is 9.10. The van der Waals surface area contributed by atoms with Crippen molar-refractivity contribution in [1.29, 1.82) is 0 Å². The van der Waals surface area contributed by atoms with Crippen LogP contribution in [-0.2, 0) is 4.74 Å². The maximum Gasteiger partial charge on any atom is 0.0917 e. The number of hydrogen-bond acceptors (Lipinski definition) is 1. The molecule has 0 atom stereocenters. The largest absolute Gasteiger partial charge is 0.499 e. The van der Waals surface area contributed by atoms with Crippen molar-refractivity contribution >= 4 is 0 Å². The Balaban J connectivity index is 4.07. The molecule has 0 aliphatic heterocycles. The molecule has 0 amide bonds. The predicted octanol–water partition coefficient (Wildman–Crippen LogP) is 7.52. The van der Waals surface area contributed by atoms with E-state index in [1.165, 1.54) is 41.6 Å². The molecule has 0 saturated heterocycles. The highest BCUT2D eigenvalue weighted by molar-refractivity contribution is 5.08. The van der Waals surface area contributed by atoms with Crippen LogP contribution in [-0.4, -0.2) is 6.61 Å². The minimum atomic E-state index is 0.761. The Labute approximate surface area is 145 Å². The topological polar surface area (TPSA) is 9.23 Å². The second kappa shape index (κ2) is 13.2. The summed E-state index contributed by atoms with van der Waals surface area (Å²) in [6, 6.07) is 0. The Morgan fingerprint density at radius 1 is 0.696 bits per heavy atom. The molecule has 0 aromatic heterocycles. The van der Waals surface area contributed by atoms with Crippen molar-refractivity contribution in [1.82, 2.24) is 0 Å². The lowest BCUT2D eigenvalue weighted by atomic mass is 10.0. The summed E-state index contributed by atoms with van der Waals surface area (Å²) in [7, 11) is 0. The van der Waals surface area contributed by atoms with E-state index in [9.17, 15) is 0 Å². The highest BCUT2D eigenvalue weighted by Crippen LogP contribution is 2.15. The number of hydrogen-bond donors (Lipinski definition) is 0. The highest BCUT2D eigenvalue weighted by Gasteiger charge is 1.97. The van der Waals surface area contributed by atoms with Gasteiger partial charge in [-0.1, -0.05) is 34.9 Å². The van der Waals surface area contributed by atoms with E-state index in [1.807, 2.05) is 6.92 Å². The molecule has 0 rings (SSSR count). The van der Waals surface area contributed by atoms with Crippen LogP contribution in [0, 0.1) is 0 Å². The predicted molar refractivity (Wildman–Crippen MR) is 105 cm³/mol. The summed E-state index contributed by atoms with van der Waals surface area (Å²) in [6.07, 6.45) is 14.0. The van der Waals surface area contributed by atoms with Gasteiger partial charge < -0.3 is 4.74 Å². The molecule has 0 unspecified atom stereocenters. The van der Waals surface area contributed by atoms with Crippen molar-refractivity contribution in [3.8, 4) is 0 Å². The fourth-order valence-corrected chi connectivity index (χ4v) is 2.39. The van der Waals surface area contributed by atoms with Gasteiger partial charge in [-0.25, -0.2) is 0 Å². The Morgan fingerprint density at radius 2 is 1.17 bits per heavy atom. The molecule has 0 bridgehead atoms. The zero-order chi connectivity index (χ0) is 17.7. The minimum absolute atomic E-state index is 0.761. The van der Waals surface area contributed by atoms with Crippen LogP contribution in [0.15, 0.2) is 46.3 Å². The zero-order valence-electron chi connectivity index (χ0n) is 16.6. The number of allylic oxidation sites excluding steroid dienone is 8. The molecule has 0 spiro atoms. The van der Waals surface area contributed by atoms with E-state index >= 15 is 0 Å². The van der Waals surface area contributed by atoms with Gasteiger partial charge in [-0.3, -0.25) is 0 Å². The molecule has 0 fully saturated rings. The van der Waals surface area contributed by atoms with Crippen LogP contribution in [0.2, 0.25) is 0 Å². The molecule has 0 N–H and O–H groups in total. The van der Waals surface area contributed by atoms with E-state index in [-0.39, 0.29) is 0 Å². The monoisotopic (exact) mass is 318 g/mol. The summed E-state index contributed by atoms with van der Waals surface area (Å²) in [5, 5.41) is 0. The van der Waals surface area contributed by atoms with Crippen LogP contribution in [0.5, 0.6) is 0 Å². The molecule has 0 aromatic rings. The molecule has 0 aliphatic rings. The van der Waals surface area contributed by atoms with Gasteiger partial charge in [0.2, 0.25) is 0 Å². The second-order valence-electron chi connectivity index (χ2n) is 6.77. The highest BCUT2D eigenvalue weighted by atomic mass is 16.5. The maximum absolute atomic E-state index is 5.55. The lowest BCUT2D eigenvalue weighted by Gasteiger charge is -2.07. The minimum Gasteiger partial charge on any atom is -0.499 e. The van der Waals surface area contributed by atoms with E-state index in [0.29, 0.717) is 0 Å².